The summed E-state index contributed by atoms with van der Waals surface area (Å²) < 4.78 is 12.0. The van der Waals surface area contributed by atoms with Crippen molar-refractivity contribution in [2.75, 3.05) is 13.2 Å². The van der Waals surface area contributed by atoms with Gasteiger partial charge in [-0.15, -0.1) is 0 Å². The Bertz CT molecular complexity index is 493. The predicted molar refractivity (Wildman–Crippen MR) is 109 cm³/mol. The van der Waals surface area contributed by atoms with Crippen LogP contribution in [0.4, 0.5) is 0 Å². The van der Waals surface area contributed by atoms with Gasteiger partial charge in [0.05, 0.1) is 19.3 Å². The lowest BCUT2D eigenvalue weighted by molar-refractivity contribution is -0.137. The molecule has 1 aromatic carbocycles. The van der Waals surface area contributed by atoms with Crippen LogP contribution in [0, 0.1) is 5.92 Å². The summed E-state index contributed by atoms with van der Waals surface area (Å²) in [7, 11) is 0. The maximum atomic E-state index is 6.05. The molecule has 2 nitrogen and oxygen atoms in total. The minimum atomic E-state index is 0.117. The van der Waals surface area contributed by atoms with Crippen molar-refractivity contribution in [2.45, 2.75) is 96.2 Å². The molecule has 1 saturated heterocycles. The molecule has 1 saturated carbocycles. The van der Waals surface area contributed by atoms with Crippen LogP contribution in [-0.4, -0.2) is 19.3 Å². The highest BCUT2D eigenvalue weighted by molar-refractivity contribution is 5.27. The van der Waals surface area contributed by atoms with E-state index in [9.17, 15) is 0 Å². The largest absolute Gasteiger partial charge is 0.373 e. The molecule has 0 N–H and O–H groups in total. The van der Waals surface area contributed by atoms with Crippen LogP contribution in [0.15, 0.2) is 24.3 Å². The summed E-state index contributed by atoms with van der Waals surface area (Å²) >= 11 is 0. The Morgan fingerprint density at radius 3 is 2.12 bits per heavy atom. The molecule has 0 radical (unpaired) electrons. The lowest BCUT2D eigenvalue weighted by atomic mass is 9.77. The summed E-state index contributed by atoms with van der Waals surface area (Å²) in [6, 6.07) is 9.24. The van der Waals surface area contributed by atoms with E-state index in [1.165, 1.54) is 62.5 Å². The first kappa shape index (κ1) is 19.9. The first-order valence-electron chi connectivity index (χ1n) is 11.1. The van der Waals surface area contributed by atoms with Crippen molar-refractivity contribution in [2.24, 2.45) is 5.92 Å². The van der Waals surface area contributed by atoms with Crippen LogP contribution in [0.3, 0.4) is 0 Å². The summed E-state index contributed by atoms with van der Waals surface area (Å²) in [6.07, 6.45) is 13.9. The van der Waals surface area contributed by atoms with Crippen LogP contribution in [0.1, 0.15) is 101 Å². The van der Waals surface area contributed by atoms with Gasteiger partial charge in [0.25, 0.3) is 0 Å². The van der Waals surface area contributed by atoms with Gasteiger partial charge >= 0.3 is 0 Å². The van der Waals surface area contributed by atoms with E-state index in [0.717, 1.165) is 31.3 Å². The molecule has 1 heterocycles. The number of benzene rings is 1. The molecule has 0 spiro atoms. The van der Waals surface area contributed by atoms with Crippen LogP contribution >= 0.6 is 0 Å². The highest BCUT2D eigenvalue weighted by atomic mass is 16.6. The van der Waals surface area contributed by atoms with Gasteiger partial charge in [0.2, 0.25) is 0 Å². The van der Waals surface area contributed by atoms with E-state index in [4.69, 9.17) is 9.47 Å². The molecular weight excluding hydrogens is 320 g/mol. The SMILES string of the molecule is CCCCCC1CCC(c2ccc([C@@H]3CO[C@@H](CCC)CO3)cc2)CC1. The smallest absolute Gasteiger partial charge is 0.106 e. The fourth-order valence-corrected chi connectivity index (χ4v) is 4.67. The number of ether oxygens (including phenoxy) is 2. The Hall–Kier alpha value is -0.860. The molecular formula is C24H38O2. The highest BCUT2D eigenvalue weighted by Crippen LogP contribution is 2.38. The van der Waals surface area contributed by atoms with Gasteiger partial charge in [-0.1, -0.05) is 70.2 Å². The number of unbranched alkanes of at least 4 members (excludes halogenated alkanes) is 2. The van der Waals surface area contributed by atoms with Gasteiger partial charge in [0.15, 0.2) is 0 Å². The van der Waals surface area contributed by atoms with Crippen LogP contribution in [-0.2, 0) is 9.47 Å². The standard InChI is InChI=1S/C24H38O2/c1-3-5-6-8-19-9-11-20(12-10-19)21-13-15-22(16-14-21)24-18-25-23(7-4-2)17-26-24/h13-16,19-20,23-24H,3-12,17-18H2,1-2H3/t19?,20?,23-,24-/m0/s1. The number of hydrogen-bond donors (Lipinski definition) is 0. The minimum absolute atomic E-state index is 0.117. The molecule has 3 rings (SSSR count). The summed E-state index contributed by atoms with van der Waals surface area (Å²) in [6.45, 7) is 5.94. The molecule has 1 aliphatic carbocycles. The van der Waals surface area contributed by atoms with E-state index in [0.29, 0.717) is 12.7 Å². The van der Waals surface area contributed by atoms with Crippen LogP contribution in [0.5, 0.6) is 0 Å². The molecule has 146 valence electrons. The van der Waals surface area contributed by atoms with Gasteiger partial charge in [-0.05, 0) is 55.1 Å². The average molecular weight is 359 g/mol. The number of hydrogen-bond acceptors (Lipinski definition) is 2. The first-order valence-corrected chi connectivity index (χ1v) is 11.1. The minimum Gasteiger partial charge on any atom is -0.373 e. The van der Waals surface area contributed by atoms with Gasteiger partial charge in [0, 0.05) is 0 Å². The van der Waals surface area contributed by atoms with E-state index in [2.05, 4.69) is 38.1 Å². The molecule has 2 heteroatoms. The van der Waals surface area contributed by atoms with E-state index >= 15 is 0 Å². The van der Waals surface area contributed by atoms with E-state index in [1.807, 2.05) is 0 Å². The molecule has 1 aromatic rings. The maximum Gasteiger partial charge on any atom is 0.106 e. The Morgan fingerprint density at radius 2 is 1.50 bits per heavy atom. The zero-order valence-electron chi connectivity index (χ0n) is 16.9. The van der Waals surface area contributed by atoms with Gasteiger partial charge in [-0.2, -0.15) is 0 Å². The number of rotatable bonds is 8. The summed E-state index contributed by atoms with van der Waals surface area (Å²) in [4.78, 5) is 0. The lowest BCUT2D eigenvalue weighted by Crippen LogP contribution is -2.30. The van der Waals surface area contributed by atoms with Gasteiger partial charge in [-0.3, -0.25) is 0 Å². The second-order valence-corrected chi connectivity index (χ2v) is 8.45. The van der Waals surface area contributed by atoms with Crippen LogP contribution < -0.4 is 0 Å². The van der Waals surface area contributed by atoms with Crippen molar-refractivity contribution < 1.29 is 9.47 Å². The summed E-state index contributed by atoms with van der Waals surface area (Å²) in [5.41, 5.74) is 2.80. The van der Waals surface area contributed by atoms with Crippen LogP contribution in [0.2, 0.25) is 0 Å². The zero-order valence-corrected chi connectivity index (χ0v) is 16.9. The first-order chi connectivity index (χ1) is 12.8. The van der Waals surface area contributed by atoms with Gasteiger partial charge < -0.3 is 9.47 Å². The molecule has 0 amide bonds. The molecule has 2 aliphatic rings. The Kier molecular flexibility index (Phi) is 8.01. The third kappa shape index (κ3) is 5.57. The Morgan fingerprint density at radius 1 is 0.769 bits per heavy atom. The normalized spacial score (nSPS) is 29.6. The molecule has 0 aromatic heterocycles. The maximum absolute atomic E-state index is 6.05. The van der Waals surface area contributed by atoms with Gasteiger partial charge in [0.1, 0.15) is 6.10 Å². The third-order valence-corrected chi connectivity index (χ3v) is 6.42. The topological polar surface area (TPSA) is 18.5 Å². The lowest BCUT2D eigenvalue weighted by Gasteiger charge is -2.31. The average Bonchev–Trinajstić information content (AvgIpc) is 2.70. The van der Waals surface area contributed by atoms with Crippen molar-refractivity contribution in [3.63, 3.8) is 0 Å². The van der Waals surface area contributed by atoms with E-state index < -0.39 is 0 Å². The predicted octanol–water partition coefficient (Wildman–Crippen LogP) is 6.80. The molecule has 2 fully saturated rings. The second-order valence-electron chi connectivity index (χ2n) is 8.45. The molecule has 0 bridgehead atoms. The summed E-state index contributed by atoms with van der Waals surface area (Å²) in [5, 5.41) is 0. The van der Waals surface area contributed by atoms with Crippen molar-refractivity contribution >= 4 is 0 Å². The second kappa shape index (κ2) is 10.5. The van der Waals surface area contributed by atoms with Crippen molar-refractivity contribution in [1.82, 2.24) is 0 Å². The van der Waals surface area contributed by atoms with Crippen molar-refractivity contribution in [1.29, 1.82) is 0 Å². The fraction of sp³-hybridized carbons (Fsp3) is 0.750. The van der Waals surface area contributed by atoms with E-state index in [1.54, 1.807) is 0 Å². The molecule has 26 heavy (non-hydrogen) atoms. The van der Waals surface area contributed by atoms with Crippen LogP contribution in [0.25, 0.3) is 0 Å². The Balaban J connectivity index is 1.45. The fourth-order valence-electron chi connectivity index (χ4n) is 4.67. The molecule has 1 aliphatic heterocycles. The third-order valence-electron chi connectivity index (χ3n) is 6.42. The van der Waals surface area contributed by atoms with Crippen molar-refractivity contribution in [3.8, 4) is 0 Å². The summed E-state index contributed by atoms with van der Waals surface area (Å²) in [5.74, 6) is 1.75. The highest BCUT2D eigenvalue weighted by Gasteiger charge is 2.24. The van der Waals surface area contributed by atoms with Gasteiger partial charge in [-0.25, -0.2) is 0 Å². The zero-order chi connectivity index (χ0) is 18.2. The van der Waals surface area contributed by atoms with Crippen molar-refractivity contribution in [3.05, 3.63) is 35.4 Å². The Labute approximate surface area is 160 Å². The molecule has 0 unspecified atom stereocenters. The molecule has 2 atom stereocenters. The van der Waals surface area contributed by atoms with E-state index in [-0.39, 0.29) is 6.10 Å². The quantitative estimate of drug-likeness (QED) is 0.476. The monoisotopic (exact) mass is 358 g/mol.